The van der Waals surface area contributed by atoms with Crippen molar-refractivity contribution in [3.05, 3.63) is 51.7 Å². The van der Waals surface area contributed by atoms with Gasteiger partial charge >= 0.3 is 0 Å². The number of nitrogens with zero attached hydrogens (tertiary/aromatic N) is 2. The van der Waals surface area contributed by atoms with Crippen molar-refractivity contribution in [1.82, 2.24) is 9.80 Å². The number of rotatable bonds is 4. The molecule has 0 unspecified atom stereocenters. The van der Waals surface area contributed by atoms with Gasteiger partial charge in [0.1, 0.15) is 5.75 Å². The topological polar surface area (TPSA) is 49.9 Å². The fraction of sp³-hybridized carbons (Fsp3) is 0.294. The number of carbonyl (C=O) groups is 2. The summed E-state index contributed by atoms with van der Waals surface area (Å²) in [6.45, 7) is 2.05. The summed E-state index contributed by atoms with van der Waals surface area (Å²) in [6, 6.07) is 10.7. The summed E-state index contributed by atoms with van der Waals surface area (Å²) in [5.74, 6) is 0.432. The Labute approximate surface area is 149 Å². The largest absolute Gasteiger partial charge is 0.482 e. The maximum atomic E-state index is 12.3. The molecule has 1 aromatic heterocycles. The summed E-state index contributed by atoms with van der Waals surface area (Å²) in [6.07, 6.45) is 0. The Morgan fingerprint density at radius 1 is 1.04 bits per heavy atom. The van der Waals surface area contributed by atoms with Gasteiger partial charge in [-0.15, -0.1) is 11.3 Å². The molecule has 1 saturated heterocycles. The van der Waals surface area contributed by atoms with Crippen molar-refractivity contribution in [1.29, 1.82) is 0 Å². The molecule has 0 atom stereocenters. The van der Waals surface area contributed by atoms with Gasteiger partial charge in [-0.1, -0.05) is 29.8 Å². The van der Waals surface area contributed by atoms with Crippen LogP contribution in [0.3, 0.4) is 0 Å². The molecule has 3 rings (SSSR count). The SMILES string of the molecule is O=C(COc1ccccc1Cl)N1CCN(C(=O)c2cccs2)CC1. The molecule has 0 N–H and O–H groups in total. The van der Waals surface area contributed by atoms with E-state index in [9.17, 15) is 9.59 Å². The standard InChI is InChI=1S/C17H17ClN2O3S/c18-13-4-1-2-5-14(13)23-12-16(21)19-7-9-20(10-8-19)17(22)15-6-3-11-24-15/h1-6,11H,7-10,12H2. The van der Waals surface area contributed by atoms with E-state index in [0.29, 0.717) is 37.0 Å². The van der Waals surface area contributed by atoms with Crippen LogP contribution in [0.25, 0.3) is 0 Å². The summed E-state index contributed by atoms with van der Waals surface area (Å²) in [4.78, 5) is 28.8. The molecule has 0 radical (unpaired) electrons. The smallest absolute Gasteiger partial charge is 0.264 e. The van der Waals surface area contributed by atoms with Gasteiger partial charge in [0.25, 0.3) is 11.8 Å². The zero-order chi connectivity index (χ0) is 16.9. The predicted molar refractivity (Wildman–Crippen MR) is 93.7 cm³/mol. The summed E-state index contributed by atoms with van der Waals surface area (Å²) in [7, 11) is 0. The summed E-state index contributed by atoms with van der Waals surface area (Å²) >= 11 is 7.44. The van der Waals surface area contributed by atoms with Gasteiger partial charge in [0.2, 0.25) is 0 Å². The number of benzene rings is 1. The molecule has 1 aliphatic heterocycles. The molecule has 0 spiro atoms. The van der Waals surface area contributed by atoms with Crippen molar-refractivity contribution in [2.24, 2.45) is 0 Å². The molecule has 7 heteroatoms. The second kappa shape index (κ2) is 7.68. The zero-order valence-corrected chi connectivity index (χ0v) is 14.6. The molecule has 126 valence electrons. The predicted octanol–water partition coefficient (Wildman–Crippen LogP) is 2.76. The van der Waals surface area contributed by atoms with Crippen LogP contribution in [0.5, 0.6) is 5.75 Å². The number of hydrogen-bond acceptors (Lipinski definition) is 4. The van der Waals surface area contributed by atoms with Gasteiger partial charge in [0.15, 0.2) is 6.61 Å². The van der Waals surface area contributed by atoms with E-state index >= 15 is 0 Å². The van der Waals surface area contributed by atoms with Crippen LogP contribution in [0.2, 0.25) is 5.02 Å². The molecule has 24 heavy (non-hydrogen) atoms. The van der Waals surface area contributed by atoms with E-state index in [1.54, 1.807) is 34.1 Å². The van der Waals surface area contributed by atoms with Crippen molar-refractivity contribution in [3.63, 3.8) is 0 Å². The van der Waals surface area contributed by atoms with Gasteiger partial charge in [-0.3, -0.25) is 9.59 Å². The number of thiophene rings is 1. The van der Waals surface area contributed by atoms with E-state index in [1.165, 1.54) is 11.3 Å². The maximum Gasteiger partial charge on any atom is 0.264 e. The molecular weight excluding hydrogens is 348 g/mol. The number of para-hydroxylation sites is 1. The van der Waals surface area contributed by atoms with Crippen molar-refractivity contribution in [2.45, 2.75) is 0 Å². The molecule has 1 aliphatic rings. The highest BCUT2D eigenvalue weighted by Gasteiger charge is 2.25. The first-order valence-electron chi connectivity index (χ1n) is 7.63. The molecule has 0 saturated carbocycles. The van der Waals surface area contributed by atoms with E-state index in [4.69, 9.17) is 16.3 Å². The third-order valence-electron chi connectivity index (χ3n) is 3.84. The fourth-order valence-corrected chi connectivity index (χ4v) is 3.39. The number of piperazine rings is 1. The maximum absolute atomic E-state index is 12.3. The monoisotopic (exact) mass is 364 g/mol. The third kappa shape index (κ3) is 3.88. The molecular formula is C17H17ClN2O3S. The number of halogens is 1. The van der Waals surface area contributed by atoms with Crippen LogP contribution >= 0.6 is 22.9 Å². The molecule has 0 bridgehead atoms. The van der Waals surface area contributed by atoms with Gasteiger partial charge in [-0.2, -0.15) is 0 Å². The van der Waals surface area contributed by atoms with Crippen molar-refractivity contribution in [3.8, 4) is 5.75 Å². The number of ether oxygens (including phenoxy) is 1. The van der Waals surface area contributed by atoms with E-state index in [2.05, 4.69) is 0 Å². The van der Waals surface area contributed by atoms with E-state index in [0.717, 1.165) is 4.88 Å². The van der Waals surface area contributed by atoms with Gasteiger partial charge in [-0.05, 0) is 23.6 Å². The average Bonchev–Trinajstić information content (AvgIpc) is 3.15. The van der Waals surface area contributed by atoms with Gasteiger partial charge in [0.05, 0.1) is 9.90 Å². The summed E-state index contributed by atoms with van der Waals surface area (Å²) in [5, 5.41) is 2.37. The molecule has 2 aromatic rings. The molecule has 2 heterocycles. The zero-order valence-electron chi connectivity index (χ0n) is 13.0. The lowest BCUT2D eigenvalue weighted by atomic mass is 10.3. The van der Waals surface area contributed by atoms with Gasteiger partial charge in [0, 0.05) is 26.2 Å². The van der Waals surface area contributed by atoms with Gasteiger partial charge in [-0.25, -0.2) is 0 Å². The summed E-state index contributed by atoms with van der Waals surface area (Å²) in [5.41, 5.74) is 0. The Hall–Kier alpha value is -2.05. The van der Waals surface area contributed by atoms with Crippen molar-refractivity contribution < 1.29 is 14.3 Å². The highest BCUT2D eigenvalue weighted by atomic mass is 35.5. The molecule has 1 aromatic carbocycles. The highest BCUT2D eigenvalue weighted by Crippen LogP contribution is 2.23. The van der Waals surface area contributed by atoms with Crippen LogP contribution in [0, 0.1) is 0 Å². The number of carbonyl (C=O) groups excluding carboxylic acids is 2. The second-order valence-corrected chi connectivity index (χ2v) is 6.72. The first kappa shape index (κ1) is 16.8. The first-order valence-corrected chi connectivity index (χ1v) is 8.89. The lowest BCUT2D eigenvalue weighted by Crippen LogP contribution is -2.51. The van der Waals surface area contributed by atoms with Crippen LogP contribution in [-0.4, -0.2) is 54.4 Å². The van der Waals surface area contributed by atoms with Crippen LogP contribution in [0.15, 0.2) is 41.8 Å². The minimum absolute atomic E-state index is 0.0319. The lowest BCUT2D eigenvalue weighted by Gasteiger charge is -2.34. The molecule has 1 fully saturated rings. The molecule has 0 aliphatic carbocycles. The van der Waals surface area contributed by atoms with E-state index < -0.39 is 0 Å². The van der Waals surface area contributed by atoms with E-state index in [1.807, 2.05) is 17.5 Å². The molecule has 5 nitrogen and oxygen atoms in total. The fourth-order valence-electron chi connectivity index (χ4n) is 2.51. The quantitative estimate of drug-likeness (QED) is 0.838. The van der Waals surface area contributed by atoms with Crippen LogP contribution in [0.4, 0.5) is 0 Å². The summed E-state index contributed by atoms with van der Waals surface area (Å²) < 4.78 is 5.48. The Balaban J connectivity index is 1.48. The normalized spacial score (nSPS) is 14.5. The number of amides is 2. The second-order valence-electron chi connectivity index (χ2n) is 5.37. The number of hydrogen-bond donors (Lipinski definition) is 0. The Bertz CT molecular complexity index is 712. The highest BCUT2D eigenvalue weighted by molar-refractivity contribution is 7.12. The van der Waals surface area contributed by atoms with Crippen molar-refractivity contribution in [2.75, 3.05) is 32.8 Å². The van der Waals surface area contributed by atoms with Crippen LogP contribution in [0.1, 0.15) is 9.67 Å². The van der Waals surface area contributed by atoms with Crippen LogP contribution in [-0.2, 0) is 4.79 Å². The van der Waals surface area contributed by atoms with E-state index in [-0.39, 0.29) is 18.4 Å². The first-order chi connectivity index (χ1) is 11.6. The van der Waals surface area contributed by atoms with Gasteiger partial charge < -0.3 is 14.5 Å². The molecule has 2 amide bonds. The Kier molecular flexibility index (Phi) is 5.37. The minimum Gasteiger partial charge on any atom is -0.482 e. The average molecular weight is 365 g/mol. The lowest BCUT2D eigenvalue weighted by molar-refractivity contribution is -0.134. The Morgan fingerprint density at radius 3 is 2.42 bits per heavy atom. The van der Waals surface area contributed by atoms with Crippen molar-refractivity contribution >= 4 is 34.8 Å². The van der Waals surface area contributed by atoms with Crippen LogP contribution < -0.4 is 4.74 Å². The third-order valence-corrected chi connectivity index (χ3v) is 5.01. The Morgan fingerprint density at radius 2 is 1.75 bits per heavy atom. The minimum atomic E-state index is -0.0989.